The number of amides is 1. The molecule has 0 aliphatic carbocycles. The minimum absolute atomic E-state index is 0.0281. The van der Waals surface area contributed by atoms with Gasteiger partial charge in [0.1, 0.15) is 5.69 Å². The fourth-order valence-corrected chi connectivity index (χ4v) is 2.62. The van der Waals surface area contributed by atoms with Crippen LogP contribution < -0.4 is 4.90 Å². The molecule has 4 heteroatoms. The third-order valence-corrected chi connectivity index (χ3v) is 3.77. The van der Waals surface area contributed by atoms with E-state index < -0.39 is 0 Å². The number of fused-ring (bicyclic) bond motifs is 1. The topological polar surface area (TPSA) is 33.2 Å². The Hall–Kier alpha value is -1.68. The summed E-state index contributed by atoms with van der Waals surface area (Å²) in [7, 11) is 0. The highest BCUT2D eigenvalue weighted by molar-refractivity contribution is 9.10. The van der Waals surface area contributed by atoms with Gasteiger partial charge in [-0.05, 0) is 52.5 Å². The van der Waals surface area contributed by atoms with Crippen LogP contribution in [0.25, 0.3) is 0 Å². The van der Waals surface area contributed by atoms with Crippen LogP contribution in [0.5, 0.6) is 0 Å². The molecule has 1 aromatic heterocycles. The SMILES string of the molecule is O=C(c1ccc(Br)cn1)N1CCCc2ccccc21. The lowest BCUT2D eigenvalue weighted by atomic mass is 10.0. The maximum Gasteiger partial charge on any atom is 0.276 e. The Balaban J connectivity index is 1.95. The zero-order valence-electron chi connectivity index (χ0n) is 10.3. The van der Waals surface area contributed by atoms with Gasteiger partial charge in [0, 0.05) is 22.9 Å². The van der Waals surface area contributed by atoms with Crippen molar-refractivity contribution >= 4 is 27.5 Å². The monoisotopic (exact) mass is 316 g/mol. The number of aromatic nitrogens is 1. The van der Waals surface area contributed by atoms with Gasteiger partial charge in [0.05, 0.1) is 0 Å². The lowest BCUT2D eigenvalue weighted by molar-refractivity contribution is 0.0980. The molecule has 96 valence electrons. The van der Waals surface area contributed by atoms with Crippen LogP contribution in [0.1, 0.15) is 22.5 Å². The van der Waals surface area contributed by atoms with Crippen LogP contribution in [0.3, 0.4) is 0 Å². The maximum atomic E-state index is 12.5. The first-order valence-electron chi connectivity index (χ1n) is 6.27. The molecule has 0 fully saturated rings. The number of anilines is 1. The van der Waals surface area contributed by atoms with E-state index in [0.29, 0.717) is 5.69 Å². The standard InChI is InChI=1S/C15H13BrN2O/c16-12-7-8-13(17-10-12)15(19)18-9-3-5-11-4-1-2-6-14(11)18/h1-2,4,6-8,10H,3,5,9H2. The number of para-hydroxylation sites is 1. The van der Waals surface area contributed by atoms with Crippen LogP contribution >= 0.6 is 15.9 Å². The zero-order chi connectivity index (χ0) is 13.2. The molecule has 0 saturated heterocycles. The van der Waals surface area contributed by atoms with Crippen LogP contribution in [0.4, 0.5) is 5.69 Å². The molecule has 2 heterocycles. The van der Waals surface area contributed by atoms with Crippen LogP contribution in [-0.2, 0) is 6.42 Å². The van der Waals surface area contributed by atoms with Crippen LogP contribution in [0.15, 0.2) is 47.1 Å². The third-order valence-electron chi connectivity index (χ3n) is 3.30. The number of carbonyl (C=O) groups excluding carboxylic acids is 1. The molecule has 2 aromatic rings. The molecule has 0 saturated carbocycles. The van der Waals surface area contributed by atoms with Gasteiger partial charge in [0.15, 0.2) is 0 Å². The van der Waals surface area contributed by atoms with Crippen molar-refractivity contribution in [3.05, 3.63) is 58.3 Å². The quantitative estimate of drug-likeness (QED) is 0.807. The van der Waals surface area contributed by atoms with Gasteiger partial charge in [-0.2, -0.15) is 0 Å². The Kier molecular flexibility index (Phi) is 3.34. The summed E-state index contributed by atoms with van der Waals surface area (Å²) in [6.45, 7) is 0.758. The number of pyridine rings is 1. The molecule has 1 aliphatic rings. The van der Waals surface area contributed by atoms with Crippen LogP contribution in [-0.4, -0.2) is 17.4 Å². The van der Waals surface area contributed by atoms with Gasteiger partial charge < -0.3 is 4.90 Å². The van der Waals surface area contributed by atoms with Crippen molar-refractivity contribution in [1.29, 1.82) is 0 Å². The summed E-state index contributed by atoms with van der Waals surface area (Å²) in [5.74, 6) is -0.0281. The number of hydrogen-bond donors (Lipinski definition) is 0. The Morgan fingerprint density at radius 1 is 1.21 bits per heavy atom. The molecule has 0 unspecified atom stereocenters. The molecule has 3 rings (SSSR count). The summed E-state index contributed by atoms with van der Waals surface area (Å²) in [6.07, 6.45) is 3.69. The van der Waals surface area contributed by atoms with Gasteiger partial charge >= 0.3 is 0 Å². The van der Waals surface area contributed by atoms with Gasteiger partial charge in [0.25, 0.3) is 5.91 Å². The molecule has 0 N–H and O–H groups in total. The third kappa shape index (κ3) is 2.40. The smallest absolute Gasteiger partial charge is 0.276 e. The van der Waals surface area contributed by atoms with E-state index in [1.54, 1.807) is 12.3 Å². The van der Waals surface area contributed by atoms with E-state index in [-0.39, 0.29) is 5.91 Å². The Bertz CT molecular complexity index is 610. The first-order chi connectivity index (χ1) is 9.25. The fraction of sp³-hybridized carbons (Fsp3) is 0.200. The van der Waals surface area contributed by atoms with Crippen molar-refractivity contribution in [3.8, 4) is 0 Å². The van der Waals surface area contributed by atoms with E-state index in [0.717, 1.165) is 29.5 Å². The van der Waals surface area contributed by atoms with E-state index >= 15 is 0 Å². The average molecular weight is 317 g/mol. The van der Waals surface area contributed by atoms with Gasteiger partial charge in [-0.1, -0.05) is 18.2 Å². The molecule has 1 aromatic carbocycles. The maximum absolute atomic E-state index is 12.5. The van der Waals surface area contributed by atoms with E-state index in [1.807, 2.05) is 29.2 Å². The number of benzene rings is 1. The summed E-state index contributed by atoms with van der Waals surface area (Å²) >= 11 is 3.33. The summed E-state index contributed by atoms with van der Waals surface area (Å²) in [5, 5.41) is 0. The van der Waals surface area contributed by atoms with Crippen molar-refractivity contribution in [2.24, 2.45) is 0 Å². The molecule has 19 heavy (non-hydrogen) atoms. The van der Waals surface area contributed by atoms with Crippen LogP contribution in [0, 0.1) is 0 Å². The van der Waals surface area contributed by atoms with E-state index in [9.17, 15) is 4.79 Å². The zero-order valence-corrected chi connectivity index (χ0v) is 11.9. The Labute approximate surface area is 120 Å². The first kappa shape index (κ1) is 12.4. The summed E-state index contributed by atoms with van der Waals surface area (Å²) in [5.41, 5.74) is 2.74. The molecule has 1 amide bonds. The molecular weight excluding hydrogens is 304 g/mol. The highest BCUT2D eigenvalue weighted by atomic mass is 79.9. The summed E-state index contributed by atoms with van der Waals surface area (Å²) in [6, 6.07) is 11.7. The molecule has 0 spiro atoms. The Morgan fingerprint density at radius 3 is 2.84 bits per heavy atom. The minimum Gasteiger partial charge on any atom is -0.307 e. The van der Waals surface area contributed by atoms with E-state index in [1.165, 1.54) is 5.56 Å². The van der Waals surface area contributed by atoms with Gasteiger partial charge in [-0.15, -0.1) is 0 Å². The van der Waals surface area contributed by atoms with E-state index in [4.69, 9.17) is 0 Å². The number of hydrogen-bond acceptors (Lipinski definition) is 2. The normalized spacial score (nSPS) is 14.1. The fourth-order valence-electron chi connectivity index (χ4n) is 2.39. The van der Waals surface area contributed by atoms with Gasteiger partial charge in [-0.3, -0.25) is 4.79 Å². The summed E-state index contributed by atoms with van der Waals surface area (Å²) in [4.78, 5) is 18.5. The molecule has 0 bridgehead atoms. The average Bonchev–Trinajstić information content (AvgIpc) is 2.47. The molecule has 0 atom stereocenters. The first-order valence-corrected chi connectivity index (χ1v) is 7.06. The minimum atomic E-state index is -0.0281. The largest absolute Gasteiger partial charge is 0.307 e. The number of aryl methyl sites for hydroxylation is 1. The molecule has 1 aliphatic heterocycles. The highest BCUT2D eigenvalue weighted by Gasteiger charge is 2.23. The number of rotatable bonds is 1. The van der Waals surface area contributed by atoms with E-state index in [2.05, 4.69) is 27.0 Å². The van der Waals surface area contributed by atoms with Gasteiger partial charge in [0.2, 0.25) is 0 Å². The van der Waals surface area contributed by atoms with Crippen molar-refractivity contribution in [3.63, 3.8) is 0 Å². The molecule has 3 nitrogen and oxygen atoms in total. The Morgan fingerprint density at radius 2 is 2.05 bits per heavy atom. The number of halogens is 1. The lowest BCUT2D eigenvalue weighted by Crippen LogP contribution is -2.35. The number of carbonyl (C=O) groups is 1. The highest BCUT2D eigenvalue weighted by Crippen LogP contribution is 2.27. The van der Waals surface area contributed by atoms with Crippen molar-refractivity contribution in [2.75, 3.05) is 11.4 Å². The number of nitrogens with zero attached hydrogens (tertiary/aromatic N) is 2. The van der Waals surface area contributed by atoms with Gasteiger partial charge in [-0.25, -0.2) is 4.98 Å². The second-order valence-electron chi connectivity index (χ2n) is 4.55. The lowest BCUT2D eigenvalue weighted by Gasteiger charge is -2.29. The molecule has 0 radical (unpaired) electrons. The predicted molar refractivity (Wildman–Crippen MR) is 78.4 cm³/mol. The van der Waals surface area contributed by atoms with Crippen LogP contribution in [0.2, 0.25) is 0 Å². The summed E-state index contributed by atoms with van der Waals surface area (Å²) < 4.78 is 0.878. The second kappa shape index (κ2) is 5.13. The van der Waals surface area contributed by atoms with Crippen molar-refractivity contribution in [1.82, 2.24) is 4.98 Å². The predicted octanol–water partition coefficient (Wildman–Crippen LogP) is 3.44. The molecular formula is C15H13BrN2O. The second-order valence-corrected chi connectivity index (χ2v) is 5.47. The van der Waals surface area contributed by atoms with Crippen molar-refractivity contribution in [2.45, 2.75) is 12.8 Å². The van der Waals surface area contributed by atoms with Crippen molar-refractivity contribution < 1.29 is 4.79 Å².